The Bertz CT molecular complexity index is 953. The van der Waals surface area contributed by atoms with Crippen LogP contribution in [0.1, 0.15) is 31.7 Å². The smallest absolute Gasteiger partial charge is 0.242 e. The molecule has 0 spiro atoms. The summed E-state index contributed by atoms with van der Waals surface area (Å²) in [6, 6.07) is 3.68. The molecule has 2 heterocycles. The summed E-state index contributed by atoms with van der Waals surface area (Å²) in [5.74, 6) is 1.63. The Hall–Kier alpha value is -3.21. The molecule has 1 unspecified atom stereocenters. The standard InChI is InChI=1S/C20H22FN5O2/c1-3-4-7-20(25-26-20)8-9-22-19(28)18(24-13(2)27)10-14-12-23-17-11-15(21)5-6-16(14)17/h1,5-6,11-12,18,23H,4,7-10H2,2H3,(H,22,28)(H,24,27). The van der Waals surface area contributed by atoms with E-state index in [0.717, 1.165) is 10.9 Å². The van der Waals surface area contributed by atoms with E-state index in [9.17, 15) is 14.0 Å². The van der Waals surface area contributed by atoms with Crippen molar-refractivity contribution in [2.24, 2.45) is 10.2 Å². The summed E-state index contributed by atoms with van der Waals surface area (Å²) in [6.07, 6.45) is 9.10. The molecule has 1 aliphatic rings. The molecular formula is C20H22FN5O2. The van der Waals surface area contributed by atoms with Gasteiger partial charge in [0.25, 0.3) is 0 Å². The van der Waals surface area contributed by atoms with Crippen LogP contribution < -0.4 is 10.6 Å². The van der Waals surface area contributed by atoms with E-state index in [2.05, 4.69) is 31.8 Å². The number of nitrogens with one attached hydrogen (secondary N) is 3. The van der Waals surface area contributed by atoms with Gasteiger partial charge in [-0.25, -0.2) is 4.39 Å². The third-order valence-corrected chi connectivity index (χ3v) is 4.72. The van der Waals surface area contributed by atoms with Crippen molar-refractivity contribution >= 4 is 22.7 Å². The van der Waals surface area contributed by atoms with Gasteiger partial charge in [0.2, 0.25) is 11.8 Å². The van der Waals surface area contributed by atoms with Crippen LogP contribution in [0, 0.1) is 18.2 Å². The van der Waals surface area contributed by atoms with Crippen LogP contribution in [0.3, 0.4) is 0 Å². The minimum Gasteiger partial charge on any atom is -0.361 e. The highest BCUT2D eigenvalue weighted by Gasteiger charge is 2.38. The van der Waals surface area contributed by atoms with Crippen molar-refractivity contribution in [1.82, 2.24) is 15.6 Å². The van der Waals surface area contributed by atoms with E-state index in [1.807, 2.05) is 0 Å². The van der Waals surface area contributed by atoms with Crippen molar-refractivity contribution < 1.29 is 14.0 Å². The predicted molar refractivity (Wildman–Crippen MR) is 103 cm³/mol. The normalized spacial score (nSPS) is 15.0. The van der Waals surface area contributed by atoms with Gasteiger partial charge in [-0.1, -0.05) is 0 Å². The monoisotopic (exact) mass is 383 g/mol. The maximum atomic E-state index is 13.4. The van der Waals surface area contributed by atoms with E-state index in [0.29, 0.717) is 31.3 Å². The number of hydrogen-bond donors (Lipinski definition) is 3. The molecule has 2 amide bonds. The zero-order valence-electron chi connectivity index (χ0n) is 15.6. The Balaban J connectivity index is 1.62. The van der Waals surface area contributed by atoms with Gasteiger partial charge in [-0.2, -0.15) is 10.2 Å². The molecule has 0 saturated heterocycles. The number of aromatic amines is 1. The molecule has 28 heavy (non-hydrogen) atoms. The molecule has 7 nitrogen and oxygen atoms in total. The first-order chi connectivity index (χ1) is 13.4. The quantitative estimate of drug-likeness (QED) is 0.580. The van der Waals surface area contributed by atoms with Crippen LogP contribution in [0.2, 0.25) is 0 Å². The lowest BCUT2D eigenvalue weighted by molar-refractivity contribution is -0.128. The molecule has 1 aromatic heterocycles. The van der Waals surface area contributed by atoms with Gasteiger partial charge >= 0.3 is 0 Å². The highest BCUT2D eigenvalue weighted by molar-refractivity contribution is 5.89. The molecule has 1 aromatic carbocycles. The van der Waals surface area contributed by atoms with Crippen molar-refractivity contribution in [3.05, 3.63) is 35.8 Å². The highest BCUT2D eigenvalue weighted by Crippen LogP contribution is 2.36. The Morgan fingerprint density at radius 1 is 1.36 bits per heavy atom. The van der Waals surface area contributed by atoms with Crippen LogP contribution in [0.15, 0.2) is 34.6 Å². The van der Waals surface area contributed by atoms with Gasteiger partial charge in [0.15, 0.2) is 5.66 Å². The third-order valence-electron chi connectivity index (χ3n) is 4.72. The molecule has 1 atom stereocenters. The van der Waals surface area contributed by atoms with Crippen LogP contribution in [0.5, 0.6) is 0 Å². The number of H-pyrrole nitrogens is 1. The van der Waals surface area contributed by atoms with E-state index in [1.54, 1.807) is 12.3 Å². The molecule has 0 bridgehead atoms. The maximum absolute atomic E-state index is 13.4. The number of rotatable bonds is 9. The van der Waals surface area contributed by atoms with Gasteiger partial charge in [0.1, 0.15) is 11.9 Å². The minimum absolute atomic E-state index is 0.286. The third kappa shape index (κ3) is 4.74. The van der Waals surface area contributed by atoms with Crippen molar-refractivity contribution in [2.45, 2.75) is 44.3 Å². The van der Waals surface area contributed by atoms with Gasteiger partial charge in [0.05, 0.1) is 0 Å². The number of terminal acetylenes is 1. The first-order valence-corrected chi connectivity index (χ1v) is 9.10. The zero-order chi connectivity index (χ0) is 20.1. The summed E-state index contributed by atoms with van der Waals surface area (Å²) in [5.41, 5.74) is 0.996. The van der Waals surface area contributed by atoms with Gasteiger partial charge in [-0.3, -0.25) is 9.59 Å². The van der Waals surface area contributed by atoms with Crippen LogP contribution >= 0.6 is 0 Å². The number of benzene rings is 1. The number of carbonyl (C=O) groups is 2. The van der Waals surface area contributed by atoms with Crippen molar-refractivity contribution in [3.8, 4) is 12.3 Å². The number of nitrogens with zero attached hydrogens (tertiary/aromatic N) is 2. The lowest BCUT2D eigenvalue weighted by Gasteiger charge is -2.18. The molecule has 8 heteroatoms. The van der Waals surface area contributed by atoms with E-state index in [1.165, 1.54) is 19.1 Å². The van der Waals surface area contributed by atoms with E-state index < -0.39 is 11.7 Å². The molecule has 3 N–H and O–H groups in total. The number of carbonyl (C=O) groups excluding carboxylic acids is 2. The van der Waals surface area contributed by atoms with Crippen LogP contribution in [0.4, 0.5) is 4.39 Å². The lowest BCUT2D eigenvalue weighted by atomic mass is 10.0. The second-order valence-electron chi connectivity index (χ2n) is 6.89. The van der Waals surface area contributed by atoms with E-state index >= 15 is 0 Å². The average Bonchev–Trinajstić information content (AvgIpc) is 3.32. The molecule has 3 rings (SSSR count). The van der Waals surface area contributed by atoms with E-state index in [4.69, 9.17) is 6.42 Å². The summed E-state index contributed by atoms with van der Waals surface area (Å²) in [6.45, 7) is 1.74. The highest BCUT2D eigenvalue weighted by atomic mass is 19.1. The Morgan fingerprint density at radius 3 is 2.82 bits per heavy atom. The zero-order valence-corrected chi connectivity index (χ0v) is 15.6. The number of halogens is 1. The summed E-state index contributed by atoms with van der Waals surface area (Å²) in [5, 5.41) is 14.4. The van der Waals surface area contributed by atoms with Crippen molar-refractivity contribution in [3.63, 3.8) is 0 Å². The number of fused-ring (bicyclic) bond motifs is 1. The van der Waals surface area contributed by atoms with Crippen LogP contribution in [-0.4, -0.2) is 35.0 Å². The SMILES string of the molecule is C#CCCC1(CCNC(=O)C(Cc2c[nH]c3cc(F)ccc23)NC(C)=O)N=N1. The summed E-state index contributed by atoms with van der Waals surface area (Å²) >= 11 is 0. The van der Waals surface area contributed by atoms with Gasteiger partial charge in [0, 0.05) is 56.3 Å². The number of aromatic nitrogens is 1. The lowest BCUT2D eigenvalue weighted by Crippen LogP contribution is -2.48. The molecule has 146 valence electrons. The summed E-state index contributed by atoms with van der Waals surface area (Å²) in [4.78, 5) is 27.2. The topological polar surface area (TPSA) is 98.7 Å². The summed E-state index contributed by atoms with van der Waals surface area (Å²) in [7, 11) is 0. The fourth-order valence-corrected chi connectivity index (χ4v) is 3.18. The Kier molecular flexibility index (Phi) is 5.73. The first kappa shape index (κ1) is 19.5. The minimum atomic E-state index is -0.740. The van der Waals surface area contributed by atoms with E-state index in [-0.39, 0.29) is 24.1 Å². The van der Waals surface area contributed by atoms with Crippen LogP contribution in [-0.2, 0) is 16.0 Å². The van der Waals surface area contributed by atoms with Gasteiger partial charge in [-0.15, -0.1) is 12.3 Å². The molecule has 0 radical (unpaired) electrons. The molecule has 2 aromatic rings. The van der Waals surface area contributed by atoms with Gasteiger partial charge in [-0.05, 0) is 23.8 Å². The fourth-order valence-electron chi connectivity index (χ4n) is 3.18. The molecule has 0 aliphatic carbocycles. The Labute approximate surface area is 162 Å². The largest absolute Gasteiger partial charge is 0.361 e. The molecule has 0 saturated carbocycles. The second kappa shape index (κ2) is 8.21. The molecule has 1 aliphatic heterocycles. The first-order valence-electron chi connectivity index (χ1n) is 9.10. The molecule has 0 fully saturated rings. The number of hydrogen-bond acceptors (Lipinski definition) is 4. The predicted octanol–water partition coefficient (Wildman–Crippen LogP) is 2.44. The van der Waals surface area contributed by atoms with Crippen LogP contribution in [0.25, 0.3) is 10.9 Å². The fraction of sp³-hybridized carbons (Fsp3) is 0.400. The average molecular weight is 383 g/mol. The molecular weight excluding hydrogens is 361 g/mol. The number of amides is 2. The second-order valence-corrected chi connectivity index (χ2v) is 6.89. The van der Waals surface area contributed by atoms with Gasteiger partial charge < -0.3 is 15.6 Å². The Morgan fingerprint density at radius 2 is 2.14 bits per heavy atom. The van der Waals surface area contributed by atoms with Crippen molar-refractivity contribution in [1.29, 1.82) is 0 Å². The summed E-state index contributed by atoms with van der Waals surface area (Å²) < 4.78 is 13.4. The maximum Gasteiger partial charge on any atom is 0.242 e. The van der Waals surface area contributed by atoms with Crippen molar-refractivity contribution in [2.75, 3.05) is 6.54 Å².